The first-order chi connectivity index (χ1) is 7.65. The van der Waals surface area contributed by atoms with E-state index in [1.54, 1.807) is 6.08 Å². The van der Waals surface area contributed by atoms with Gasteiger partial charge in [-0.2, -0.15) is 0 Å². The molecule has 0 aromatic heterocycles. The third-order valence-corrected chi connectivity index (χ3v) is 3.42. The van der Waals surface area contributed by atoms with Crippen LogP contribution in [0.25, 0.3) is 6.08 Å². The highest BCUT2D eigenvalue weighted by molar-refractivity contribution is 9.10. The fourth-order valence-electron chi connectivity index (χ4n) is 1.40. The molecule has 1 aromatic carbocycles. The molecular formula is C12H12Br2O2. The van der Waals surface area contributed by atoms with Gasteiger partial charge in [0, 0.05) is 15.9 Å². The van der Waals surface area contributed by atoms with Crippen LogP contribution in [0, 0.1) is 0 Å². The van der Waals surface area contributed by atoms with E-state index in [2.05, 4.69) is 31.9 Å². The van der Waals surface area contributed by atoms with Crippen molar-refractivity contribution in [3.8, 4) is 0 Å². The van der Waals surface area contributed by atoms with Gasteiger partial charge >= 0.3 is 5.97 Å². The number of alkyl halides is 1. The van der Waals surface area contributed by atoms with Crippen molar-refractivity contribution in [2.24, 2.45) is 0 Å². The Kier molecular flexibility index (Phi) is 5.77. The van der Waals surface area contributed by atoms with E-state index in [9.17, 15) is 4.79 Å². The summed E-state index contributed by atoms with van der Waals surface area (Å²) >= 11 is 6.88. The van der Waals surface area contributed by atoms with Crippen LogP contribution in [-0.2, 0) is 11.2 Å². The number of carbonyl (C=O) groups is 1. The predicted octanol–water partition coefficient (Wildman–Crippen LogP) is 3.87. The number of halogens is 2. The van der Waals surface area contributed by atoms with Crippen molar-refractivity contribution in [1.82, 2.24) is 0 Å². The van der Waals surface area contributed by atoms with Crippen LogP contribution in [0.4, 0.5) is 0 Å². The van der Waals surface area contributed by atoms with Gasteiger partial charge in [0.25, 0.3) is 0 Å². The summed E-state index contributed by atoms with van der Waals surface area (Å²) in [6.07, 6.45) is 4.75. The molecule has 4 heteroatoms. The van der Waals surface area contributed by atoms with Gasteiger partial charge in [-0.1, -0.05) is 44.0 Å². The number of aliphatic carboxylic acids is 1. The van der Waals surface area contributed by atoms with Gasteiger partial charge in [-0.25, -0.2) is 4.79 Å². The Labute approximate surface area is 112 Å². The topological polar surface area (TPSA) is 37.3 Å². The average Bonchev–Trinajstić information content (AvgIpc) is 2.25. The van der Waals surface area contributed by atoms with Gasteiger partial charge < -0.3 is 5.11 Å². The van der Waals surface area contributed by atoms with Gasteiger partial charge in [-0.05, 0) is 36.1 Å². The summed E-state index contributed by atoms with van der Waals surface area (Å²) in [5.74, 6) is -0.925. The summed E-state index contributed by atoms with van der Waals surface area (Å²) < 4.78 is 1.03. The normalized spacial score (nSPS) is 10.9. The smallest absolute Gasteiger partial charge is 0.328 e. The summed E-state index contributed by atoms with van der Waals surface area (Å²) in [5, 5.41) is 9.55. The molecule has 0 atom stereocenters. The molecule has 0 aliphatic heterocycles. The molecule has 16 heavy (non-hydrogen) atoms. The first-order valence-corrected chi connectivity index (χ1v) is 6.81. The van der Waals surface area contributed by atoms with Crippen LogP contribution < -0.4 is 0 Å². The zero-order valence-electron chi connectivity index (χ0n) is 8.62. The molecule has 0 aliphatic carbocycles. The molecule has 0 bridgehead atoms. The second kappa shape index (κ2) is 6.86. The fraction of sp³-hybridized carbons (Fsp3) is 0.250. The highest BCUT2D eigenvalue weighted by atomic mass is 79.9. The lowest BCUT2D eigenvalue weighted by atomic mass is 10.0. The summed E-state index contributed by atoms with van der Waals surface area (Å²) in [4.78, 5) is 10.5. The van der Waals surface area contributed by atoms with E-state index < -0.39 is 5.97 Å². The third-order valence-electron chi connectivity index (χ3n) is 2.12. The monoisotopic (exact) mass is 346 g/mol. The zero-order valence-corrected chi connectivity index (χ0v) is 11.8. The maximum Gasteiger partial charge on any atom is 0.328 e. The SMILES string of the molecule is O=C(O)/C=C/c1cccc(Br)c1CCCBr. The Morgan fingerprint density at radius 2 is 2.19 bits per heavy atom. The zero-order chi connectivity index (χ0) is 12.0. The van der Waals surface area contributed by atoms with Gasteiger partial charge in [0.2, 0.25) is 0 Å². The number of carboxylic acid groups (broad SMARTS) is 1. The molecule has 0 amide bonds. The minimum absolute atomic E-state index is 0.923. The molecular weight excluding hydrogens is 336 g/mol. The summed E-state index contributed by atoms with van der Waals surface area (Å²) in [5.41, 5.74) is 2.11. The van der Waals surface area contributed by atoms with Crippen LogP contribution in [0.15, 0.2) is 28.7 Å². The number of rotatable bonds is 5. The molecule has 0 spiro atoms. The van der Waals surface area contributed by atoms with Crippen LogP contribution >= 0.6 is 31.9 Å². The van der Waals surface area contributed by atoms with Crippen LogP contribution in [0.3, 0.4) is 0 Å². The van der Waals surface area contributed by atoms with E-state index >= 15 is 0 Å². The minimum Gasteiger partial charge on any atom is -0.478 e. The minimum atomic E-state index is -0.925. The van der Waals surface area contributed by atoms with Crippen molar-refractivity contribution in [2.45, 2.75) is 12.8 Å². The molecule has 0 radical (unpaired) electrons. The maximum absolute atomic E-state index is 10.5. The van der Waals surface area contributed by atoms with Crippen LogP contribution in [0.5, 0.6) is 0 Å². The molecule has 1 rings (SSSR count). The van der Waals surface area contributed by atoms with E-state index in [4.69, 9.17) is 5.11 Å². The summed E-state index contributed by atoms with van der Waals surface area (Å²) in [6, 6.07) is 5.80. The van der Waals surface area contributed by atoms with E-state index in [1.807, 2.05) is 18.2 Å². The van der Waals surface area contributed by atoms with Crippen LogP contribution in [-0.4, -0.2) is 16.4 Å². The molecule has 1 aromatic rings. The quantitative estimate of drug-likeness (QED) is 0.648. The van der Waals surface area contributed by atoms with Crippen LogP contribution in [0.1, 0.15) is 17.5 Å². The molecule has 2 nitrogen and oxygen atoms in total. The molecule has 0 fully saturated rings. The highest BCUT2D eigenvalue weighted by Crippen LogP contribution is 2.23. The molecule has 0 saturated heterocycles. The first kappa shape index (κ1) is 13.5. The van der Waals surface area contributed by atoms with E-state index in [1.165, 1.54) is 6.08 Å². The predicted molar refractivity (Wildman–Crippen MR) is 72.9 cm³/mol. The van der Waals surface area contributed by atoms with E-state index in [0.29, 0.717) is 0 Å². The Morgan fingerprint density at radius 1 is 1.44 bits per heavy atom. The van der Waals surface area contributed by atoms with Crippen molar-refractivity contribution in [2.75, 3.05) is 5.33 Å². The van der Waals surface area contributed by atoms with Crippen molar-refractivity contribution >= 4 is 43.9 Å². The lowest BCUT2D eigenvalue weighted by Gasteiger charge is -2.07. The Balaban J connectivity index is 2.97. The third kappa shape index (κ3) is 4.10. The standard InChI is InChI=1S/C12H12Br2O2/c13-8-2-4-10-9(6-7-12(15)16)3-1-5-11(10)14/h1,3,5-7H,2,4,8H2,(H,15,16)/b7-6+. The van der Waals surface area contributed by atoms with Crippen molar-refractivity contribution < 1.29 is 9.90 Å². The molecule has 0 heterocycles. The Bertz CT molecular complexity index is 400. The Morgan fingerprint density at radius 3 is 2.81 bits per heavy atom. The lowest BCUT2D eigenvalue weighted by Crippen LogP contribution is -1.93. The number of carboxylic acids is 1. The fourth-order valence-corrected chi connectivity index (χ4v) is 2.26. The number of benzene rings is 1. The first-order valence-electron chi connectivity index (χ1n) is 4.89. The molecule has 86 valence electrons. The second-order valence-corrected chi connectivity index (χ2v) is 4.92. The van der Waals surface area contributed by atoms with Gasteiger partial charge in [-0.15, -0.1) is 0 Å². The number of hydrogen-bond donors (Lipinski definition) is 1. The number of hydrogen-bond acceptors (Lipinski definition) is 1. The lowest BCUT2D eigenvalue weighted by molar-refractivity contribution is -0.131. The van der Waals surface area contributed by atoms with E-state index in [-0.39, 0.29) is 0 Å². The maximum atomic E-state index is 10.5. The summed E-state index contributed by atoms with van der Waals surface area (Å²) in [7, 11) is 0. The van der Waals surface area contributed by atoms with Gasteiger partial charge in [0.05, 0.1) is 0 Å². The van der Waals surface area contributed by atoms with Gasteiger partial charge in [0.1, 0.15) is 0 Å². The van der Waals surface area contributed by atoms with Gasteiger partial charge in [0.15, 0.2) is 0 Å². The molecule has 1 N–H and O–H groups in total. The van der Waals surface area contributed by atoms with Crippen LogP contribution in [0.2, 0.25) is 0 Å². The molecule has 0 saturated carbocycles. The van der Waals surface area contributed by atoms with E-state index in [0.717, 1.165) is 33.8 Å². The summed E-state index contributed by atoms with van der Waals surface area (Å²) in [6.45, 7) is 0. The average molecular weight is 348 g/mol. The Hall–Kier alpha value is -0.610. The van der Waals surface area contributed by atoms with Crippen molar-refractivity contribution in [3.05, 3.63) is 39.9 Å². The molecule has 0 aliphatic rings. The largest absolute Gasteiger partial charge is 0.478 e. The second-order valence-electron chi connectivity index (χ2n) is 3.27. The highest BCUT2D eigenvalue weighted by Gasteiger charge is 2.04. The van der Waals surface area contributed by atoms with Gasteiger partial charge in [-0.3, -0.25) is 0 Å². The molecule has 0 unspecified atom stereocenters. The van der Waals surface area contributed by atoms with Crippen molar-refractivity contribution in [1.29, 1.82) is 0 Å². The van der Waals surface area contributed by atoms with Crippen molar-refractivity contribution in [3.63, 3.8) is 0 Å².